The highest BCUT2D eigenvalue weighted by Gasteiger charge is 2.28. The molecule has 0 atom stereocenters. The van der Waals surface area contributed by atoms with Crippen molar-refractivity contribution in [1.29, 1.82) is 0 Å². The van der Waals surface area contributed by atoms with Crippen LogP contribution in [0.5, 0.6) is 11.5 Å². The molecular formula is C22H30N2O3S. The van der Waals surface area contributed by atoms with Crippen LogP contribution >= 0.6 is 11.3 Å². The molecule has 0 spiro atoms. The molecule has 0 N–H and O–H groups in total. The summed E-state index contributed by atoms with van der Waals surface area (Å²) in [5.41, 5.74) is 0.940. The lowest BCUT2D eigenvalue weighted by molar-refractivity contribution is -0.136. The zero-order valence-corrected chi connectivity index (χ0v) is 17.8. The number of carbonyl (C=O) groups is 1. The van der Waals surface area contributed by atoms with Crippen molar-refractivity contribution in [3.05, 3.63) is 40.3 Å². The molecule has 0 aliphatic heterocycles. The number of ether oxygens (including phenoxy) is 2. The summed E-state index contributed by atoms with van der Waals surface area (Å²) in [5.74, 6) is 2.36. The number of methoxy groups -OCH3 is 1. The fraction of sp³-hybridized carbons (Fsp3) is 0.545. The second kappa shape index (κ2) is 9.92. The van der Waals surface area contributed by atoms with Gasteiger partial charge >= 0.3 is 0 Å². The number of amides is 1. The first kappa shape index (κ1) is 20.6. The summed E-state index contributed by atoms with van der Waals surface area (Å²) in [6.07, 6.45) is 4.41. The predicted molar refractivity (Wildman–Crippen MR) is 112 cm³/mol. The average Bonchev–Trinajstić information content (AvgIpc) is 3.37. The van der Waals surface area contributed by atoms with E-state index in [0.717, 1.165) is 30.1 Å². The Morgan fingerprint density at radius 3 is 2.64 bits per heavy atom. The molecule has 5 nitrogen and oxygen atoms in total. The van der Waals surface area contributed by atoms with Crippen molar-refractivity contribution in [3.8, 4) is 11.5 Å². The van der Waals surface area contributed by atoms with Crippen LogP contribution in [0.15, 0.2) is 29.6 Å². The van der Waals surface area contributed by atoms with Gasteiger partial charge in [0, 0.05) is 17.8 Å². The molecule has 1 aliphatic carbocycles. The van der Waals surface area contributed by atoms with Crippen molar-refractivity contribution in [2.75, 3.05) is 13.7 Å². The van der Waals surface area contributed by atoms with E-state index in [2.05, 4.69) is 13.8 Å². The molecule has 28 heavy (non-hydrogen) atoms. The highest BCUT2D eigenvalue weighted by atomic mass is 32.1. The minimum atomic E-state index is 0.200. The summed E-state index contributed by atoms with van der Waals surface area (Å²) in [6, 6.07) is 7.60. The van der Waals surface area contributed by atoms with Crippen LogP contribution in [0.25, 0.3) is 0 Å². The Balaban J connectivity index is 1.61. The summed E-state index contributed by atoms with van der Waals surface area (Å²) < 4.78 is 11.2. The standard InChI is InChI=1S/C22H30N2O3S/c1-16(2)12-24(22(25)17-8-4-5-9-17)13-18-15-28-21(23-18)14-27-20-11-7-6-10-19(20)26-3/h6-7,10-11,15-17H,4-5,8-9,12-14H2,1-3H3. The summed E-state index contributed by atoms with van der Waals surface area (Å²) in [5, 5.41) is 2.94. The smallest absolute Gasteiger partial charge is 0.226 e. The van der Waals surface area contributed by atoms with Gasteiger partial charge in [-0.1, -0.05) is 38.8 Å². The number of benzene rings is 1. The Bertz CT molecular complexity index is 769. The first-order valence-corrected chi connectivity index (χ1v) is 10.9. The van der Waals surface area contributed by atoms with Gasteiger partial charge in [-0.2, -0.15) is 0 Å². The molecule has 3 rings (SSSR count). The third kappa shape index (κ3) is 5.47. The highest BCUT2D eigenvalue weighted by molar-refractivity contribution is 7.09. The maximum Gasteiger partial charge on any atom is 0.226 e. The van der Waals surface area contributed by atoms with Gasteiger partial charge in [0.2, 0.25) is 5.91 Å². The van der Waals surface area contributed by atoms with Crippen LogP contribution in [0.2, 0.25) is 0 Å². The van der Waals surface area contributed by atoms with Crippen LogP contribution in [0.4, 0.5) is 0 Å². The first-order valence-electron chi connectivity index (χ1n) is 10.0. The molecule has 1 aromatic carbocycles. The van der Waals surface area contributed by atoms with Crippen LogP contribution in [0, 0.1) is 11.8 Å². The molecule has 0 saturated heterocycles. The van der Waals surface area contributed by atoms with Gasteiger partial charge < -0.3 is 14.4 Å². The highest BCUT2D eigenvalue weighted by Crippen LogP contribution is 2.29. The van der Waals surface area contributed by atoms with Gasteiger partial charge in [0.25, 0.3) is 0 Å². The molecule has 1 heterocycles. The Labute approximate surface area is 171 Å². The molecule has 2 aromatic rings. The molecule has 0 bridgehead atoms. The molecule has 1 amide bonds. The van der Waals surface area contributed by atoms with Crippen LogP contribution in [0.3, 0.4) is 0 Å². The van der Waals surface area contributed by atoms with Crippen LogP contribution in [-0.2, 0) is 17.9 Å². The fourth-order valence-electron chi connectivity index (χ4n) is 3.67. The van der Waals surface area contributed by atoms with E-state index in [1.54, 1.807) is 18.4 Å². The second-order valence-corrected chi connectivity index (χ2v) is 8.71. The zero-order valence-electron chi connectivity index (χ0n) is 17.0. The van der Waals surface area contributed by atoms with E-state index < -0.39 is 0 Å². The normalized spacial score (nSPS) is 14.4. The van der Waals surface area contributed by atoms with Crippen LogP contribution in [0.1, 0.15) is 50.2 Å². The second-order valence-electron chi connectivity index (χ2n) is 7.77. The van der Waals surface area contributed by atoms with Gasteiger partial charge in [-0.15, -0.1) is 11.3 Å². The predicted octanol–water partition coefficient (Wildman–Crippen LogP) is 4.91. The topological polar surface area (TPSA) is 51.7 Å². The van der Waals surface area contributed by atoms with E-state index in [1.807, 2.05) is 34.5 Å². The Kier molecular flexibility index (Phi) is 7.31. The van der Waals surface area contributed by atoms with E-state index in [0.29, 0.717) is 36.5 Å². The monoisotopic (exact) mass is 402 g/mol. The summed E-state index contributed by atoms with van der Waals surface area (Å²) in [6.45, 7) is 6.06. The van der Waals surface area contributed by atoms with Gasteiger partial charge in [0.05, 0.1) is 19.3 Å². The van der Waals surface area contributed by atoms with Crippen molar-refractivity contribution < 1.29 is 14.3 Å². The summed E-state index contributed by atoms with van der Waals surface area (Å²) in [7, 11) is 1.63. The Morgan fingerprint density at radius 2 is 1.96 bits per heavy atom. The van der Waals surface area contributed by atoms with Gasteiger partial charge in [0.15, 0.2) is 11.5 Å². The van der Waals surface area contributed by atoms with Crippen molar-refractivity contribution in [1.82, 2.24) is 9.88 Å². The van der Waals surface area contributed by atoms with Gasteiger partial charge in [-0.05, 0) is 30.9 Å². The SMILES string of the molecule is COc1ccccc1OCc1nc(CN(CC(C)C)C(=O)C2CCCC2)cs1. The third-order valence-electron chi connectivity index (χ3n) is 4.97. The van der Waals surface area contributed by atoms with Crippen molar-refractivity contribution in [2.24, 2.45) is 11.8 Å². The lowest BCUT2D eigenvalue weighted by Crippen LogP contribution is -2.37. The maximum absolute atomic E-state index is 12.9. The van der Waals surface area contributed by atoms with E-state index in [4.69, 9.17) is 14.5 Å². The molecule has 152 valence electrons. The number of aromatic nitrogens is 1. The van der Waals surface area contributed by atoms with E-state index in [1.165, 1.54) is 12.8 Å². The van der Waals surface area contributed by atoms with Gasteiger partial charge in [0.1, 0.15) is 11.6 Å². The number of nitrogens with zero attached hydrogens (tertiary/aromatic N) is 2. The summed E-state index contributed by atoms with van der Waals surface area (Å²) in [4.78, 5) is 19.6. The van der Waals surface area contributed by atoms with Gasteiger partial charge in [-0.3, -0.25) is 4.79 Å². The average molecular weight is 403 g/mol. The van der Waals surface area contributed by atoms with Crippen molar-refractivity contribution in [3.63, 3.8) is 0 Å². The molecule has 1 fully saturated rings. The Hall–Kier alpha value is -2.08. The zero-order chi connectivity index (χ0) is 19.9. The molecule has 6 heteroatoms. The lowest BCUT2D eigenvalue weighted by atomic mass is 10.1. The Morgan fingerprint density at radius 1 is 1.25 bits per heavy atom. The number of para-hydroxylation sites is 2. The number of hydrogen-bond acceptors (Lipinski definition) is 5. The number of thiazole rings is 1. The molecule has 0 unspecified atom stereocenters. The largest absolute Gasteiger partial charge is 0.493 e. The molecular weight excluding hydrogens is 372 g/mol. The van der Waals surface area contributed by atoms with E-state index in [-0.39, 0.29) is 5.92 Å². The minimum Gasteiger partial charge on any atom is -0.493 e. The minimum absolute atomic E-state index is 0.200. The number of carbonyl (C=O) groups excluding carboxylic acids is 1. The van der Waals surface area contributed by atoms with Crippen LogP contribution in [-0.4, -0.2) is 29.4 Å². The quantitative estimate of drug-likeness (QED) is 0.598. The van der Waals surface area contributed by atoms with Crippen LogP contribution < -0.4 is 9.47 Å². The van der Waals surface area contributed by atoms with Crippen molar-refractivity contribution in [2.45, 2.75) is 52.7 Å². The molecule has 0 radical (unpaired) electrons. The lowest BCUT2D eigenvalue weighted by Gasteiger charge is -2.26. The number of rotatable bonds is 9. The molecule has 1 saturated carbocycles. The van der Waals surface area contributed by atoms with Crippen molar-refractivity contribution >= 4 is 17.2 Å². The first-order chi connectivity index (χ1) is 13.6. The maximum atomic E-state index is 12.9. The van der Waals surface area contributed by atoms with Gasteiger partial charge in [-0.25, -0.2) is 4.98 Å². The fourth-order valence-corrected chi connectivity index (χ4v) is 4.36. The third-order valence-corrected chi connectivity index (χ3v) is 5.85. The molecule has 1 aromatic heterocycles. The van der Waals surface area contributed by atoms with E-state index in [9.17, 15) is 4.79 Å². The van der Waals surface area contributed by atoms with E-state index >= 15 is 0 Å². The summed E-state index contributed by atoms with van der Waals surface area (Å²) >= 11 is 1.57. The number of hydrogen-bond donors (Lipinski definition) is 0. The molecule has 1 aliphatic rings.